The molecular formula is C14H20N4. The van der Waals surface area contributed by atoms with Crippen LogP contribution in [0.1, 0.15) is 24.6 Å². The van der Waals surface area contributed by atoms with Crippen LogP contribution in [0.4, 0.5) is 17.2 Å². The molecule has 3 N–H and O–H groups in total. The molecule has 1 aromatic heterocycles. The predicted octanol–water partition coefficient (Wildman–Crippen LogP) is 3.01. The average Bonchev–Trinajstić information content (AvgIpc) is 2.60. The first-order valence-electron chi connectivity index (χ1n) is 6.27. The Labute approximate surface area is 108 Å². The van der Waals surface area contributed by atoms with Gasteiger partial charge in [0.2, 0.25) is 0 Å². The van der Waals surface area contributed by atoms with E-state index in [-0.39, 0.29) is 0 Å². The lowest BCUT2D eigenvalue weighted by atomic mass is 10.2. The molecule has 1 aromatic carbocycles. The molecule has 0 saturated carbocycles. The number of hydrogen-bond acceptors (Lipinski definition) is 3. The third kappa shape index (κ3) is 2.32. The van der Waals surface area contributed by atoms with Gasteiger partial charge in [0.15, 0.2) is 5.82 Å². The first-order valence-corrected chi connectivity index (χ1v) is 6.27. The second-order valence-corrected chi connectivity index (χ2v) is 4.52. The zero-order valence-electron chi connectivity index (χ0n) is 11.2. The van der Waals surface area contributed by atoms with Crippen LogP contribution in [0.2, 0.25) is 0 Å². The van der Waals surface area contributed by atoms with Gasteiger partial charge in [-0.15, -0.1) is 0 Å². The maximum absolute atomic E-state index is 6.14. The van der Waals surface area contributed by atoms with Crippen LogP contribution >= 0.6 is 0 Å². The summed E-state index contributed by atoms with van der Waals surface area (Å²) >= 11 is 0. The summed E-state index contributed by atoms with van der Waals surface area (Å²) in [4.78, 5) is 0. The first-order chi connectivity index (χ1) is 8.63. The van der Waals surface area contributed by atoms with Gasteiger partial charge in [-0.1, -0.05) is 31.5 Å². The van der Waals surface area contributed by atoms with Gasteiger partial charge in [0.25, 0.3) is 0 Å². The summed E-state index contributed by atoms with van der Waals surface area (Å²) in [7, 11) is 1.91. The SMILES string of the molecule is CCCc1nn(C)c(Nc2ccccc2C)c1N. The number of aromatic nitrogens is 2. The molecule has 0 aliphatic heterocycles. The second-order valence-electron chi connectivity index (χ2n) is 4.52. The largest absolute Gasteiger partial charge is 0.394 e. The summed E-state index contributed by atoms with van der Waals surface area (Å²) in [5, 5.41) is 7.82. The molecule has 2 aromatic rings. The molecule has 0 radical (unpaired) electrons. The molecule has 0 atom stereocenters. The van der Waals surface area contributed by atoms with E-state index in [1.165, 1.54) is 5.56 Å². The van der Waals surface area contributed by atoms with E-state index in [0.717, 1.165) is 35.7 Å². The Bertz CT molecular complexity index is 543. The van der Waals surface area contributed by atoms with Crippen molar-refractivity contribution in [2.75, 3.05) is 11.1 Å². The van der Waals surface area contributed by atoms with E-state index in [1.807, 2.05) is 29.9 Å². The highest BCUT2D eigenvalue weighted by molar-refractivity contribution is 5.72. The van der Waals surface area contributed by atoms with Crippen molar-refractivity contribution in [3.8, 4) is 0 Å². The lowest BCUT2D eigenvalue weighted by molar-refractivity contribution is 0.740. The van der Waals surface area contributed by atoms with Gasteiger partial charge in [0.1, 0.15) is 0 Å². The minimum absolute atomic E-state index is 0.752. The first kappa shape index (κ1) is 12.5. The maximum atomic E-state index is 6.14. The van der Waals surface area contributed by atoms with E-state index in [4.69, 9.17) is 5.73 Å². The van der Waals surface area contributed by atoms with Crippen LogP contribution in [0.3, 0.4) is 0 Å². The lowest BCUT2D eigenvalue weighted by Gasteiger charge is -2.10. The standard InChI is InChI=1S/C14H20N4/c1-4-7-12-13(15)14(18(3)17-12)16-11-9-6-5-8-10(11)2/h5-6,8-9,16H,4,7,15H2,1-3H3. The van der Waals surface area contributed by atoms with Gasteiger partial charge in [0, 0.05) is 12.7 Å². The minimum atomic E-state index is 0.752. The molecule has 0 aliphatic carbocycles. The highest BCUT2D eigenvalue weighted by Gasteiger charge is 2.13. The molecule has 0 unspecified atom stereocenters. The number of anilines is 3. The number of aryl methyl sites for hydroxylation is 3. The minimum Gasteiger partial charge on any atom is -0.394 e. The van der Waals surface area contributed by atoms with E-state index < -0.39 is 0 Å². The van der Waals surface area contributed by atoms with Crippen molar-refractivity contribution in [1.82, 2.24) is 9.78 Å². The van der Waals surface area contributed by atoms with Crippen LogP contribution in [0, 0.1) is 6.92 Å². The van der Waals surface area contributed by atoms with E-state index in [1.54, 1.807) is 0 Å². The Kier molecular flexibility index (Phi) is 3.55. The smallest absolute Gasteiger partial charge is 0.152 e. The summed E-state index contributed by atoms with van der Waals surface area (Å²) in [5.41, 5.74) is 10.1. The molecule has 0 bridgehead atoms. The molecule has 0 spiro atoms. The Morgan fingerprint density at radius 3 is 2.72 bits per heavy atom. The normalized spacial score (nSPS) is 10.6. The topological polar surface area (TPSA) is 55.9 Å². The fourth-order valence-electron chi connectivity index (χ4n) is 2.01. The van der Waals surface area contributed by atoms with Crippen LogP contribution in [0.5, 0.6) is 0 Å². The maximum Gasteiger partial charge on any atom is 0.152 e. The summed E-state index contributed by atoms with van der Waals surface area (Å²) in [5.74, 6) is 0.868. The molecule has 2 rings (SSSR count). The number of para-hydroxylation sites is 1. The lowest BCUT2D eigenvalue weighted by Crippen LogP contribution is -2.02. The van der Waals surface area contributed by atoms with Crippen molar-refractivity contribution < 1.29 is 0 Å². The van der Waals surface area contributed by atoms with Crippen molar-refractivity contribution >= 4 is 17.2 Å². The Morgan fingerprint density at radius 2 is 2.06 bits per heavy atom. The molecule has 0 aliphatic rings. The fourth-order valence-corrected chi connectivity index (χ4v) is 2.01. The quantitative estimate of drug-likeness (QED) is 0.869. The number of nitrogens with zero attached hydrogens (tertiary/aromatic N) is 2. The molecule has 96 valence electrons. The summed E-state index contributed by atoms with van der Waals surface area (Å²) in [6.07, 6.45) is 1.96. The Balaban J connectivity index is 2.32. The molecule has 4 nitrogen and oxygen atoms in total. The van der Waals surface area contributed by atoms with Gasteiger partial charge >= 0.3 is 0 Å². The van der Waals surface area contributed by atoms with Crippen molar-refractivity contribution in [3.05, 3.63) is 35.5 Å². The number of nitrogens with one attached hydrogen (secondary N) is 1. The van der Waals surface area contributed by atoms with Crippen LogP contribution in [0.15, 0.2) is 24.3 Å². The average molecular weight is 244 g/mol. The zero-order chi connectivity index (χ0) is 13.1. The second kappa shape index (κ2) is 5.12. The van der Waals surface area contributed by atoms with Crippen LogP contribution < -0.4 is 11.1 Å². The fraction of sp³-hybridized carbons (Fsp3) is 0.357. The Morgan fingerprint density at radius 1 is 1.33 bits per heavy atom. The summed E-state index contributed by atoms with van der Waals surface area (Å²) < 4.78 is 1.81. The summed E-state index contributed by atoms with van der Waals surface area (Å²) in [6, 6.07) is 8.15. The highest BCUT2D eigenvalue weighted by atomic mass is 15.3. The zero-order valence-corrected chi connectivity index (χ0v) is 11.2. The number of nitrogens with two attached hydrogens (primary N) is 1. The van der Waals surface area contributed by atoms with Crippen LogP contribution in [0.25, 0.3) is 0 Å². The third-order valence-corrected chi connectivity index (χ3v) is 3.05. The van der Waals surface area contributed by atoms with Crippen molar-refractivity contribution in [1.29, 1.82) is 0 Å². The molecule has 0 saturated heterocycles. The van der Waals surface area contributed by atoms with Gasteiger partial charge in [-0.25, -0.2) is 0 Å². The highest BCUT2D eigenvalue weighted by Crippen LogP contribution is 2.27. The number of rotatable bonds is 4. The van der Waals surface area contributed by atoms with E-state index in [2.05, 4.69) is 30.3 Å². The van der Waals surface area contributed by atoms with E-state index >= 15 is 0 Å². The van der Waals surface area contributed by atoms with E-state index in [9.17, 15) is 0 Å². The number of nitrogen functional groups attached to an aromatic ring is 1. The predicted molar refractivity (Wildman–Crippen MR) is 76.1 cm³/mol. The van der Waals surface area contributed by atoms with Crippen LogP contribution in [-0.4, -0.2) is 9.78 Å². The molecule has 0 fully saturated rings. The van der Waals surface area contributed by atoms with Gasteiger partial charge in [-0.3, -0.25) is 4.68 Å². The summed E-state index contributed by atoms with van der Waals surface area (Å²) in [6.45, 7) is 4.20. The van der Waals surface area contributed by atoms with Crippen molar-refractivity contribution in [2.24, 2.45) is 7.05 Å². The molecular weight excluding hydrogens is 224 g/mol. The molecule has 0 amide bonds. The van der Waals surface area contributed by atoms with Crippen molar-refractivity contribution in [3.63, 3.8) is 0 Å². The van der Waals surface area contributed by atoms with Crippen molar-refractivity contribution in [2.45, 2.75) is 26.7 Å². The monoisotopic (exact) mass is 244 g/mol. The molecule has 4 heteroatoms. The van der Waals surface area contributed by atoms with Gasteiger partial charge in [-0.2, -0.15) is 5.10 Å². The van der Waals surface area contributed by atoms with E-state index in [0.29, 0.717) is 0 Å². The molecule has 1 heterocycles. The third-order valence-electron chi connectivity index (χ3n) is 3.05. The van der Waals surface area contributed by atoms with Gasteiger partial charge in [-0.05, 0) is 25.0 Å². The van der Waals surface area contributed by atoms with Gasteiger partial charge < -0.3 is 11.1 Å². The molecule has 18 heavy (non-hydrogen) atoms. The van der Waals surface area contributed by atoms with Gasteiger partial charge in [0.05, 0.1) is 11.4 Å². The number of benzene rings is 1. The Hall–Kier alpha value is -1.97. The van der Waals surface area contributed by atoms with Crippen LogP contribution in [-0.2, 0) is 13.5 Å². The number of hydrogen-bond donors (Lipinski definition) is 2.